The Labute approximate surface area is 97.7 Å². The fourth-order valence-corrected chi connectivity index (χ4v) is 2.15. The third kappa shape index (κ3) is 1.49. The van der Waals surface area contributed by atoms with E-state index >= 15 is 0 Å². The van der Waals surface area contributed by atoms with Crippen LogP contribution in [0.25, 0.3) is 16.4 Å². The van der Waals surface area contributed by atoms with Crippen LogP contribution in [0.3, 0.4) is 0 Å². The first-order valence-electron chi connectivity index (χ1n) is 5.54. The first kappa shape index (κ1) is 10.2. The molecule has 0 saturated heterocycles. The van der Waals surface area contributed by atoms with Crippen molar-refractivity contribution < 1.29 is 4.39 Å². The van der Waals surface area contributed by atoms with Crippen LogP contribution in [0.15, 0.2) is 36.7 Å². The SMILES string of the molecule is NCCc1cnc2c3c(F)cccc3ccn12. The van der Waals surface area contributed by atoms with Crippen molar-refractivity contribution in [3.63, 3.8) is 0 Å². The Kier molecular flexibility index (Phi) is 2.30. The van der Waals surface area contributed by atoms with E-state index in [2.05, 4.69) is 4.98 Å². The molecule has 0 aliphatic carbocycles. The van der Waals surface area contributed by atoms with E-state index in [9.17, 15) is 4.39 Å². The van der Waals surface area contributed by atoms with E-state index in [0.29, 0.717) is 17.6 Å². The van der Waals surface area contributed by atoms with E-state index in [1.54, 1.807) is 12.3 Å². The lowest BCUT2D eigenvalue weighted by molar-refractivity contribution is 0.640. The molecule has 0 spiro atoms. The van der Waals surface area contributed by atoms with Gasteiger partial charge in [-0.1, -0.05) is 12.1 Å². The number of benzene rings is 1. The van der Waals surface area contributed by atoms with Gasteiger partial charge in [-0.05, 0) is 24.1 Å². The highest BCUT2D eigenvalue weighted by Gasteiger charge is 2.09. The van der Waals surface area contributed by atoms with Gasteiger partial charge < -0.3 is 10.1 Å². The number of hydrogen-bond donors (Lipinski definition) is 1. The van der Waals surface area contributed by atoms with Gasteiger partial charge in [0.1, 0.15) is 11.5 Å². The maximum absolute atomic E-state index is 13.8. The molecule has 0 amide bonds. The van der Waals surface area contributed by atoms with Crippen molar-refractivity contribution in [1.29, 1.82) is 0 Å². The topological polar surface area (TPSA) is 43.3 Å². The summed E-state index contributed by atoms with van der Waals surface area (Å²) in [5.41, 5.74) is 7.20. The lowest BCUT2D eigenvalue weighted by Crippen LogP contribution is -2.04. The van der Waals surface area contributed by atoms with Crippen LogP contribution in [0.4, 0.5) is 4.39 Å². The number of imidazole rings is 1. The summed E-state index contributed by atoms with van der Waals surface area (Å²) in [6.45, 7) is 0.559. The third-order valence-corrected chi connectivity index (χ3v) is 2.95. The van der Waals surface area contributed by atoms with E-state index in [4.69, 9.17) is 5.73 Å². The predicted molar refractivity (Wildman–Crippen MR) is 65.4 cm³/mol. The number of pyridine rings is 1. The molecule has 3 aromatic rings. The molecule has 3 rings (SSSR count). The van der Waals surface area contributed by atoms with Gasteiger partial charge in [0.2, 0.25) is 0 Å². The maximum Gasteiger partial charge on any atom is 0.147 e. The van der Waals surface area contributed by atoms with Crippen LogP contribution >= 0.6 is 0 Å². The molecular weight excluding hydrogens is 217 g/mol. The molecule has 0 radical (unpaired) electrons. The Morgan fingerprint density at radius 3 is 3.00 bits per heavy atom. The molecule has 0 saturated carbocycles. The number of aromatic nitrogens is 2. The quantitative estimate of drug-likeness (QED) is 0.731. The molecule has 0 atom stereocenters. The number of rotatable bonds is 2. The monoisotopic (exact) mass is 229 g/mol. The summed E-state index contributed by atoms with van der Waals surface area (Å²) >= 11 is 0. The van der Waals surface area contributed by atoms with Crippen molar-refractivity contribution in [2.24, 2.45) is 5.73 Å². The van der Waals surface area contributed by atoms with Crippen LogP contribution in [0.2, 0.25) is 0 Å². The predicted octanol–water partition coefficient (Wildman–Crippen LogP) is 2.13. The molecule has 0 fully saturated rings. The zero-order chi connectivity index (χ0) is 11.8. The fraction of sp³-hybridized carbons (Fsp3) is 0.154. The summed E-state index contributed by atoms with van der Waals surface area (Å²) in [4.78, 5) is 4.29. The summed E-state index contributed by atoms with van der Waals surface area (Å²) in [5.74, 6) is -0.238. The van der Waals surface area contributed by atoms with E-state index in [1.165, 1.54) is 6.07 Å². The number of halogens is 1. The molecule has 4 heteroatoms. The molecule has 3 nitrogen and oxygen atoms in total. The normalized spacial score (nSPS) is 11.4. The lowest BCUT2D eigenvalue weighted by Gasteiger charge is -2.04. The Bertz CT molecular complexity index is 688. The summed E-state index contributed by atoms with van der Waals surface area (Å²) < 4.78 is 15.7. The average molecular weight is 229 g/mol. The highest BCUT2D eigenvalue weighted by atomic mass is 19.1. The van der Waals surface area contributed by atoms with E-state index in [-0.39, 0.29) is 5.82 Å². The van der Waals surface area contributed by atoms with Gasteiger partial charge in [0, 0.05) is 24.5 Å². The van der Waals surface area contributed by atoms with Gasteiger partial charge in [-0.2, -0.15) is 0 Å². The molecule has 2 heterocycles. The zero-order valence-corrected chi connectivity index (χ0v) is 9.23. The number of nitrogens with zero attached hydrogens (tertiary/aromatic N) is 2. The van der Waals surface area contributed by atoms with E-state index < -0.39 is 0 Å². The van der Waals surface area contributed by atoms with Crippen molar-refractivity contribution in [1.82, 2.24) is 9.38 Å². The summed E-state index contributed by atoms with van der Waals surface area (Å²) in [6.07, 6.45) is 4.41. The second-order valence-electron chi connectivity index (χ2n) is 4.00. The molecule has 0 aliphatic heterocycles. The molecule has 2 aromatic heterocycles. The molecule has 0 bridgehead atoms. The third-order valence-electron chi connectivity index (χ3n) is 2.95. The lowest BCUT2D eigenvalue weighted by atomic mass is 10.1. The Morgan fingerprint density at radius 2 is 2.18 bits per heavy atom. The molecule has 17 heavy (non-hydrogen) atoms. The van der Waals surface area contributed by atoms with Crippen LogP contribution in [0.1, 0.15) is 5.69 Å². The summed E-state index contributed by atoms with van der Waals surface area (Å²) in [7, 11) is 0. The molecule has 86 valence electrons. The van der Waals surface area contributed by atoms with Gasteiger partial charge in [0.15, 0.2) is 0 Å². The Morgan fingerprint density at radius 1 is 1.29 bits per heavy atom. The standard InChI is InChI=1S/C13H12FN3/c14-11-3-1-2-9-5-7-17-10(4-6-15)8-16-13(17)12(9)11/h1-3,5,7-8H,4,6,15H2. The Balaban J connectivity index is 2.40. The molecule has 1 aromatic carbocycles. The Hall–Kier alpha value is -1.94. The molecular formula is C13H12FN3. The van der Waals surface area contributed by atoms with Crippen molar-refractivity contribution in [3.8, 4) is 0 Å². The molecule has 2 N–H and O–H groups in total. The number of nitrogens with two attached hydrogens (primary N) is 1. The maximum atomic E-state index is 13.8. The second-order valence-corrected chi connectivity index (χ2v) is 4.00. The fourth-order valence-electron chi connectivity index (χ4n) is 2.15. The van der Waals surface area contributed by atoms with Crippen molar-refractivity contribution in [2.75, 3.05) is 6.54 Å². The van der Waals surface area contributed by atoms with Gasteiger partial charge in [-0.25, -0.2) is 9.37 Å². The van der Waals surface area contributed by atoms with E-state index in [1.807, 2.05) is 22.7 Å². The van der Waals surface area contributed by atoms with Crippen molar-refractivity contribution in [3.05, 3.63) is 48.2 Å². The second kappa shape index (κ2) is 3.82. The highest BCUT2D eigenvalue weighted by molar-refractivity contribution is 5.94. The number of fused-ring (bicyclic) bond motifs is 3. The largest absolute Gasteiger partial charge is 0.330 e. The molecule has 0 unspecified atom stereocenters. The summed E-state index contributed by atoms with van der Waals surface area (Å²) in [6, 6.07) is 6.94. The van der Waals surface area contributed by atoms with Crippen molar-refractivity contribution in [2.45, 2.75) is 6.42 Å². The number of hydrogen-bond acceptors (Lipinski definition) is 2. The first-order valence-corrected chi connectivity index (χ1v) is 5.54. The van der Waals surface area contributed by atoms with Crippen molar-refractivity contribution >= 4 is 16.4 Å². The van der Waals surface area contributed by atoms with E-state index in [0.717, 1.165) is 17.5 Å². The minimum Gasteiger partial charge on any atom is -0.330 e. The van der Waals surface area contributed by atoms with Crippen LogP contribution in [-0.2, 0) is 6.42 Å². The van der Waals surface area contributed by atoms with Crippen LogP contribution in [0, 0.1) is 5.82 Å². The minimum absolute atomic E-state index is 0.238. The van der Waals surface area contributed by atoms with Gasteiger partial charge >= 0.3 is 0 Å². The van der Waals surface area contributed by atoms with Crippen LogP contribution in [0.5, 0.6) is 0 Å². The summed E-state index contributed by atoms with van der Waals surface area (Å²) in [5, 5.41) is 1.43. The van der Waals surface area contributed by atoms with Crippen LogP contribution < -0.4 is 5.73 Å². The van der Waals surface area contributed by atoms with Crippen LogP contribution in [-0.4, -0.2) is 15.9 Å². The highest BCUT2D eigenvalue weighted by Crippen LogP contribution is 2.23. The zero-order valence-electron chi connectivity index (χ0n) is 9.23. The van der Waals surface area contributed by atoms with Gasteiger partial charge in [-0.15, -0.1) is 0 Å². The smallest absolute Gasteiger partial charge is 0.147 e. The molecule has 0 aliphatic rings. The minimum atomic E-state index is -0.238. The van der Waals surface area contributed by atoms with Gasteiger partial charge in [0.05, 0.1) is 5.39 Å². The first-order chi connectivity index (χ1) is 8.31. The van der Waals surface area contributed by atoms with Gasteiger partial charge in [0.25, 0.3) is 0 Å². The average Bonchev–Trinajstić information content (AvgIpc) is 2.73. The van der Waals surface area contributed by atoms with Gasteiger partial charge in [-0.3, -0.25) is 0 Å².